The lowest BCUT2D eigenvalue weighted by molar-refractivity contribution is -0.137. The Balaban J connectivity index is 1.68. The second kappa shape index (κ2) is 9.66. The summed E-state index contributed by atoms with van der Waals surface area (Å²) in [4.78, 5) is 12.6. The predicted molar refractivity (Wildman–Crippen MR) is 122 cm³/mol. The van der Waals surface area contributed by atoms with Crippen molar-refractivity contribution in [2.45, 2.75) is 37.3 Å². The summed E-state index contributed by atoms with van der Waals surface area (Å²) in [5, 5.41) is 2.72. The van der Waals surface area contributed by atoms with Crippen LogP contribution in [-0.4, -0.2) is 14.3 Å². The van der Waals surface area contributed by atoms with Crippen LogP contribution in [0.15, 0.2) is 77.7 Å². The standard InChI is InChI=1S/C24H23F3N2O3S/c1-16-8-13-20(15-22(16)29-33(31,32)21-6-4-3-5-7-21)28-23(30)14-17(2)18-9-11-19(12-10-18)24(25,26)27/h3-13,15,17,29H,14H2,1-2H3,(H,28,30). The summed E-state index contributed by atoms with van der Waals surface area (Å²) in [5.74, 6) is -0.656. The molecule has 2 N–H and O–H groups in total. The molecule has 0 aliphatic rings. The Morgan fingerprint density at radius 2 is 1.61 bits per heavy atom. The first-order chi connectivity index (χ1) is 15.5. The zero-order valence-corrected chi connectivity index (χ0v) is 18.8. The highest BCUT2D eigenvalue weighted by molar-refractivity contribution is 7.92. The number of hydrogen-bond donors (Lipinski definition) is 2. The molecule has 3 rings (SSSR count). The van der Waals surface area contributed by atoms with Crippen molar-refractivity contribution in [3.63, 3.8) is 0 Å². The summed E-state index contributed by atoms with van der Waals surface area (Å²) >= 11 is 0. The van der Waals surface area contributed by atoms with Crippen LogP contribution in [0.4, 0.5) is 24.5 Å². The Morgan fingerprint density at radius 3 is 2.21 bits per heavy atom. The highest BCUT2D eigenvalue weighted by atomic mass is 32.2. The molecule has 3 aromatic rings. The number of amides is 1. The van der Waals surface area contributed by atoms with Crippen LogP contribution in [0.1, 0.15) is 36.0 Å². The Hall–Kier alpha value is -3.33. The van der Waals surface area contributed by atoms with E-state index in [0.29, 0.717) is 22.5 Å². The molecule has 33 heavy (non-hydrogen) atoms. The van der Waals surface area contributed by atoms with Gasteiger partial charge in [0.25, 0.3) is 10.0 Å². The van der Waals surface area contributed by atoms with Crippen molar-refractivity contribution < 1.29 is 26.4 Å². The maximum absolute atomic E-state index is 12.7. The van der Waals surface area contributed by atoms with Gasteiger partial charge in [0.1, 0.15) is 0 Å². The second-order valence-corrected chi connectivity index (χ2v) is 9.40. The van der Waals surface area contributed by atoms with Crippen LogP contribution in [-0.2, 0) is 21.0 Å². The van der Waals surface area contributed by atoms with Gasteiger partial charge in [-0.2, -0.15) is 13.2 Å². The summed E-state index contributed by atoms with van der Waals surface area (Å²) in [6.07, 6.45) is -4.37. The van der Waals surface area contributed by atoms with Gasteiger partial charge in [0.2, 0.25) is 5.91 Å². The van der Waals surface area contributed by atoms with E-state index in [9.17, 15) is 26.4 Å². The van der Waals surface area contributed by atoms with Crippen LogP contribution in [0.3, 0.4) is 0 Å². The molecule has 3 aromatic carbocycles. The van der Waals surface area contributed by atoms with Gasteiger partial charge < -0.3 is 5.32 Å². The van der Waals surface area contributed by atoms with Gasteiger partial charge in [-0.1, -0.05) is 43.3 Å². The summed E-state index contributed by atoms with van der Waals surface area (Å²) < 4.78 is 65.9. The maximum atomic E-state index is 12.7. The number of alkyl halides is 3. The molecule has 1 unspecified atom stereocenters. The van der Waals surface area contributed by atoms with E-state index in [2.05, 4.69) is 10.0 Å². The van der Waals surface area contributed by atoms with Gasteiger partial charge in [-0.3, -0.25) is 9.52 Å². The molecule has 5 nitrogen and oxygen atoms in total. The van der Waals surface area contributed by atoms with Crippen LogP contribution < -0.4 is 10.0 Å². The van der Waals surface area contributed by atoms with Crippen LogP contribution in [0.5, 0.6) is 0 Å². The average Bonchev–Trinajstić information content (AvgIpc) is 2.76. The predicted octanol–water partition coefficient (Wildman–Crippen LogP) is 5.95. The largest absolute Gasteiger partial charge is 0.416 e. The first kappa shape index (κ1) is 24.3. The molecule has 0 fully saturated rings. The van der Waals surface area contributed by atoms with Crippen molar-refractivity contribution in [1.29, 1.82) is 0 Å². The van der Waals surface area contributed by atoms with Gasteiger partial charge in [-0.05, 0) is 60.4 Å². The summed E-state index contributed by atoms with van der Waals surface area (Å²) in [5.41, 5.74) is 1.26. The lowest BCUT2D eigenvalue weighted by atomic mass is 9.96. The zero-order valence-electron chi connectivity index (χ0n) is 18.0. The summed E-state index contributed by atoms with van der Waals surface area (Å²) in [6, 6.07) is 17.5. The fourth-order valence-corrected chi connectivity index (χ4v) is 4.36. The zero-order chi connectivity index (χ0) is 24.2. The van der Waals surface area contributed by atoms with Crippen molar-refractivity contribution in [1.82, 2.24) is 0 Å². The average molecular weight is 477 g/mol. The third kappa shape index (κ3) is 6.35. The Kier molecular flexibility index (Phi) is 7.12. The molecule has 174 valence electrons. The SMILES string of the molecule is Cc1ccc(NC(=O)CC(C)c2ccc(C(F)(F)F)cc2)cc1NS(=O)(=O)c1ccccc1. The Labute approximate surface area is 190 Å². The molecule has 0 aromatic heterocycles. The molecule has 0 heterocycles. The van der Waals surface area contributed by atoms with Crippen molar-refractivity contribution in [3.05, 3.63) is 89.5 Å². The molecule has 0 saturated carbocycles. The minimum atomic E-state index is -4.41. The normalized spacial score (nSPS) is 12.8. The van der Waals surface area contributed by atoms with E-state index in [0.717, 1.165) is 12.1 Å². The summed E-state index contributed by atoms with van der Waals surface area (Å²) in [7, 11) is -3.79. The first-order valence-corrected chi connectivity index (χ1v) is 11.6. The van der Waals surface area contributed by atoms with Gasteiger partial charge in [0.05, 0.1) is 16.1 Å². The molecule has 0 bridgehead atoms. The number of sulfonamides is 1. The number of rotatable bonds is 7. The monoisotopic (exact) mass is 476 g/mol. The minimum absolute atomic E-state index is 0.0459. The number of nitrogens with one attached hydrogen (secondary N) is 2. The molecular weight excluding hydrogens is 453 g/mol. The van der Waals surface area contributed by atoms with Gasteiger partial charge in [0.15, 0.2) is 0 Å². The number of anilines is 2. The molecule has 9 heteroatoms. The van der Waals surface area contributed by atoms with Gasteiger partial charge >= 0.3 is 6.18 Å². The maximum Gasteiger partial charge on any atom is 0.416 e. The van der Waals surface area contributed by atoms with E-state index in [4.69, 9.17) is 0 Å². The van der Waals surface area contributed by atoms with E-state index in [-0.39, 0.29) is 23.1 Å². The fourth-order valence-electron chi connectivity index (χ4n) is 3.22. The van der Waals surface area contributed by atoms with Crippen LogP contribution in [0, 0.1) is 6.92 Å². The molecule has 0 spiro atoms. The number of carbonyl (C=O) groups is 1. The van der Waals surface area contributed by atoms with Gasteiger partial charge in [-0.25, -0.2) is 8.42 Å². The fraction of sp³-hybridized carbons (Fsp3) is 0.208. The molecule has 0 saturated heterocycles. The number of benzene rings is 3. The van der Waals surface area contributed by atoms with E-state index < -0.39 is 21.8 Å². The number of carbonyl (C=O) groups excluding carboxylic acids is 1. The highest BCUT2D eigenvalue weighted by Crippen LogP contribution is 2.31. The van der Waals surface area contributed by atoms with E-state index in [1.807, 2.05) is 0 Å². The van der Waals surface area contributed by atoms with Crippen LogP contribution in [0.25, 0.3) is 0 Å². The number of halogens is 3. The van der Waals surface area contributed by atoms with Crippen LogP contribution in [0.2, 0.25) is 0 Å². The lowest BCUT2D eigenvalue weighted by Crippen LogP contribution is -2.16. The highest BCUT2D eigenvalue weighted by Gasteiger charge is 2.30. The van der Waals surface area contributed by atoms with E-state index in [1.165, 1.54) is 30.3 Å². The van der Waals surface area contributed by atoms with Crippen molar-refractivity contribution >= 4 is 27.3 Å². The van der Waals surface area contributed by atoms with Crippen molar-refractivity contribution in [2.24, 2.45) is 0 Å². The lowest BCUT2D eigenvalue weighted by Gasteiger charge is -2.15. The molecule has 0 radical (unpaired) electrons. The molecule has 0 aliphatic carbocycles. The van der Waals surface area contributed by atoms with Crippen molar-refractivity contribution in [3.8, 4) is 0 Å². The number of aryl methyl sites for hydroxylation is 1. The second-order valence-electron chi connectivity index (χ2n) is 7.72. The minimum Gasteiger partial charge on any atom is -0.326 e. The quantitative estimate of drug-likeness (QED) is 0.443. The molecular formula is C24H23F3N2O3S. The first-order valence-electron chi connectivity index (χ1n) is 10.1. The Bertz CT molecular complexity index is 1230. The molecule has 0 aliphatic heterocycles. The third-order valence-electron chi connectivity index (χ3n) is 5.12. The third-order valence-corrected chi connectivity index (χ3v) is 6.50. The topological polar surface area (TPSA) is 75.3 Å². The van der Waals surface area contributed by atoms with Crippen molar-refractivity contribution in [2.75, 3.05) is 10.0 Å². The van der Waals surface area contributed by atoms with E-state index >= 15 is 0 Å². The molecule has 1 atom stereocenters. The molecule has 1 amide bonds. The van der Waals surface area contributed by atoms with Gasteiger partial charge in [0, 0.05) is 12.1 Å². The van der Waals surface area contributed by atoms with Gasteiger partial charge in [-0.15, -0.1) is 0 Å². The number of hydrogen-bond acceptors (Lipinski definition) is 3. The Morgan fingerprint density at radius 1 is 0.970 bits per heavy atom. The van der Waals surface area contributed by atoms with Crippen LogP contribution >= 0.6 is 0 Å². The summed E-state index contributed by atoms with van der Waals surface area (Å²) in [6.45, 7) is 3.48. The van der Waals surface area contributed by atoms with E-state index in [1.54, 1.807) is 44.2 Å². The smallest absolute Gasteiger partial charge is 0.326 e.